The highest BCUT2D eigenvalue weighted by molar-refractivity contribution is 14.1. The Morgan fingerprint density at radius 3 is 2.11 bits per heavy atom. The topological polar surface area (TPSA) is 0 Å². The SMILES string of the molecule is CCCC(C)C(C)CI. The van der Waals surface area contributed by atoms with Gasteiger partial charge in [-0.25, -0.2) is 0 Å². The Morgan fingerprint density at radius 1 is 1.22 bits per heavy atom. The van der Waals surface area contributed by atoms with Gasteiger partial charge >= 0.3 is 0 Å². The summed E-state index contributed by atoms with van der Waals surface area (Å²) in [5.41, 5.74) is 0. The molecule has 0 aliphatic carbocycles. The van der Waals surface area contributed by atoms with Crippen LogP contribution in [-0.4, -0.2) is 4.43 Å². The van der Waals surface area contributed by atoms with Gasteiger partial charge in [0.25, 0.3) is 0 Å². The molecule has 0 aliphatic rings. The van der Waals surface area contributed by atoms with Crippen LogP contribution in [0.25, 0.3) is 0 Å². The molecule has 0 aromatic rings. The number of alkyl halides is 1. The summed E-state index contributed by atoms with van der Waals surface area (Å²) < 4.78 is 1.30. The van der Waals surface area contributed by atoms with E-state index in [1.807, 2.05) is 0 Å². The fourth-order valence-corrected chi connectivity index (χ4v) is 1.76. The molecule has 2 atom stereocenters. The lowest BCUT2D eigenvalue weighted by molar-refractivity contribution is 0.398. The molecule has 0 aromatic heterocycles. The zero-order valence-corrected chi connectivity index (χ0v) is 8.81. The second kappa shape index (κ2) is 5.51. The van der Waals surface area contributed by atoms with Crippen molar-refractivity contribution in [2.24, 2.45) is 11.8 Å². The van der Waals surface area contributed by atoms with E-state index in [-0.39, 0.29) is 0 Å². The molecule has 0 saturated heterocycles. The highest BCUT2D eigenvalue weighted by atomic mass is 127. The van der Waals surface area contributed by atoms with Crippen molar-refractivity contribution in [1.29, 1.82) is 0 Å². The molecule has 0 N–H and O–H groups in total. The highest BCUT2D eigenvalue weighted by Crippen LogP contribution is 2.18. The van der Waals surface area contributed by atoms with Gasteiger partial charge in [0.1, 0.15) is 0 Å². The molecule has 0 saturated carbocycles. The molecule has 0 radical (unpaired) electrons. The van der Waals surface area contributed by atoms with E-state index in [0.29, 0.717) is 0 Å². The van der Waals surface area contributed by atoms with Gasteiger partial charge in [-0.3, -0.25) is 0 Å². The summed E-state index contributed by atoms with van der Waals surface area (Å²) in [6, 6.07) is 0. The zero-order valence-electron chi connectivity index (χ0n) is 6.65. The maximum Gasteiger partial charge on any atom is 0.00236 e. The molecule has 0 aromatic carbocycles. The van der Waals surface area contributed by atoms with Crippen molar-refractivity contribution in [1.82, 2.24) is 0 Å². The Kier molecular flexibility index (Phi) is 5.96. The lowest BCUT2D eigenvalue weighted by Crippen LogP contribution is -2.08. The second-order valence-corrected chi connectivity index (χ2v) is 3.78. The summed E-state index contributed by atoms with van der Waals surface area (Å²) in [4.78, 5) is 0. The molecule has 56 valence electrons. The molecule has 1 heteroatoms. The first-order chi connectivity index (χ1) is 4.22. The normalized spacial score (nSPS) is 17.3. The third kappa shape index (κ3) is 4.18. The van der Waals surface area contributed by atoms with Crippen LogP contribution in [0.4, 0.5) is 0 Å². The van der Waals surface area contributed by atoms with Crippen LogP contribution in [-0.2, 0) is 0 Å². The Labute approximate surface area is 72.6 Å². The van der Waals surface area contributed by atoms with Gasteiger partial charge in [0, 0.05) is 4.43 Å². The van der Waals surface area contributed by atoms with Crippen LogP contribution >= 0.6 is 22.6 Å². The van der Waals surface area contributed by atoms with E-state index < -0.39 is 0 Å². The third-order valence-corrected chi connectivity index (χ3v) is 3.35. The van der Waals surface area contributed by atoms with Gasteiger partial charge in [-0.15, -0.1) is 0 Å². The number of halogens is 1. The van der Waals surface area contributed by atoms with Gasteiger partial charge in [-0.1, -0.05) is 56.2 Å². The number of hydrogen-bond acceptors (Lipinski definition) is 0. The van der Waals surface area contributed by atoms with Crippen molar-refractivity contribution in [3.63, 3.8) is 0 Å². The van der Waals surface area contributed by atoms with Gasteiger partial charge in [0.2, 0.25) is 0 Å². The summed E-state index contributed by atoms with van der Waals surface area (Å²) >= 11 is 2.47. The van der Waals surface area contributed by atoms with Gasteiger partial charge < -0.3 is 0 Å². The van der Waals surface area contributed by atoms with Crippen LogP contribution in [0.1, 0.15) is 33.6 Å². The number of rotatable bonds is 4. The van der Waals surface area contributed by atoms with Crippen LogP contribution in [0.15, 0.2) is 0 Å². The monoisotopic (exact) mass is 240 g/mol. The van der Waals surface area contributed by atoms with E-state index in [1.165, 1.54) is 17.3 Å². The van der Waals surface area contributed by atoms with Crippen molar-refractivity contribution in [2.75, 3.05) is 4.43 Å². The quantitative estimate of drug-likeness (QED) is 0.521. The Hall–Kier alpha value is 0.730. The van der Waals surface area contributed by atoms with Crippen molar-refractivity contribution < 1.29 is 0 Å². The molecule has 0 spiro atoms. The molecule has 2 unspecified atom stereocenters. The van der Waals surface area contributed by atoms with Gasteiger partial charge in [-0.05, 0) is 11.8 Å². The molecule has 0 nitrogen and oxygen atoms in total. The lowest BCUT2D eigenvalue weighted by atomic mass is 9.94. The fourth-order valence-electron chi connectivity index (χ4n) is 0.892. The van der Waals surface area contributed by atoms with Crippen molar-refractivity contribution in [3.8, 4) is 0 Å². The predicted octanol–water partition coefficient (Wildman–Crippen LogP) is 3.49. The number of hydrogen-bond donors (Lipinski definition) is 0. The second-order valence-electron chi connectivity index (χ2n) is 2.90. The molecule has 9 heavy (non-hydrogen) atoms. The van der Waals surface area contributed by atoms with Crippen LogP contribution in [0.5, 0.6) is 0 Å². The van der Waals surface area contributed by atoms with E-state index in [1.54, 1.807) is 0 Å². The van der Waals surface area contributed by atoms with Crippen molar-refractivity contribution >= 4 is 22.6 Å². The van der Waals surface area contributed by atoms with Gasteiger partial charge in [0.15, 0.2) is 0 Å². The van der Waals surface area contributed by atoms with Crippen molar-refractivity contribution in [2.45, 2.75) is 33.6 Å². The average molecular weight is 240 g/mol. The Morgan fingerprint density at radius 2 is 1.78 bits per heavy atom. The summed E-state index contributed by atoms with van der Waals surface area (Å²) in [5.74, 6) is 1.83. The minimum absolute atomic E-state index is 0.908. The zero-order chi connectivity index (χ0) is 7.28. The average Bonchev–Trinajstić information content (AvgIpc) is 1.87. The highest BCUT2D eigenvalue weighted by Gasteiger charge is 2.08. The maximum atomic E-state index is 2.47. The van der Waals surface area contributed by atoms with Crippen LogP contribution in [0.2, 0.25) is 0 Å². The van der Waals surface area contributed by atoms with Crippen LogP contribution in [0, 0.1) is 11.8 Å². The fraction of sp³-hybridized carbons (Fsp3) is 1.00. The third-order valence-electron chi connectivity index (χ3n) is 1.96. The van der Waals surface area contributed by atoms with E-state index in [0.717, 1.165) is 11.8 Å². The van der Waals surface area contributed by atoms with Gasteiger partial charge in [0.05, 0.1) is 0 Å². The summed E-state index contributed by atoms with van der Waals surface area (Å²) in [5, 5.41) is 0. The molecular weight excluding hydrogens is 223 g/mol. The van der Waals surface area contributed by atoms with Crippen LogP contribution < -0.4 is 0 Å². The Balaban J connectivity index is 3.32. The maximum absolute atomic E-state index is 2.47. The first-order valence-corrected chi connectivity index (χ1v) is 5.30. The standard InChI is InChI=1S/C8H17I/c1-4-5-7(2)8(3)6-9/h7-8H,4-6H2,1-3H3. The first-order valence-electron chi connectivity index (χ1n) is 3.78. The van der Waals surface area contributed by atoms with E-state index in [2.05, 4.69) is 43.4 Å². The molecule has 0 heterocycles. The van der Waals surface area contributed by atoms with E-state index in [4.69, 9.17) is 0 Å². The minimum atomic E-state index is 0.908. The molecule has 0 bridgehead atoms. The summed E-state index contributed by atoms with van der Waals surface area (Å²) in [6.45, 7) is 6.95. The smallest absolute Gasteiger partial charge is 0.00236 e. The molecule has 0 rings (SSSR count). The van der Waals surface area contributed by atoms with Crippen LogP contribution in [0.3, 0.4) is 0 Å². The molecule has 0 amide bonds. The first kappa shape index (κ1) is 9.73. The minimum Gasteiger partial charge on any atom is -0.0861 e. The lowest BCUT2D eigenvalue weighted by Gasteiger charge is -2.15. The van der Waals surface area contributed by atoms with E-state index in [9.17, 15) is 0 Å². The molecular formula is C8H17I. The van der Waals surface area contributed by atoms with E-state index >= 15 is 0 Å². The van der Waals surface area contributed by atoms with Crippen molar-refractivity contribution in [3.05, 3.63) is 0 Å². The predicted molar refractivity (Wildman–Crippen MR) is 52.1 cm³/mol. The molecule has 0 fully saturated rings. The Bertz CT molecular complexity index is 61.6. The largest absolute Gasteiger partial charge is 0.0861 e. The van der Waals surface area contributed by atoms with Gasteiger partial charge in [-0.2, -0.15) is 0 Å². The summed E-state index contributed by atoms with van der Waals surface area (Å²) in [6.07, 6.45) is 2.73. The summed E-state index contributed by atoms with van der Waals surface area (Å²) in [7, 11) is 0. The molecule has 0 aliphatic heterocycles.